The van der Waals surface area contributed by atoms with Gasteiger partial charge in [0.2, 0.25) is 0 Å². The number of anilines is 1. The summed E-state index contributed by atoms with van der Waals surface area (Å²) in [6, 6.07) is 15.1. The summed E-state index contributed by atoms with van der Waals surface area (Å²) in [6.07, 6.45) is 1.81. The molecule has 1 amide bonds. The van der Waals surface area contributed by atoms with E-state index >= 15 is 0 Å². The lowest BCUT2D eigenvalue weighted by molar-refractivity contribution is 0.0746. The number of fused-ring (bicyclic) bond motifs is 1. The average Bonchev–Trinajstić information content (AvgIpc) is 2.73. The molecule has 0 atom stereocenters. The molecule has 1 fully saturated rings. The fourth-order valence-electron chi connectivity index (χ4n) is 3.18. The van der Waals surface area contributed by atoms with E-state index in [2.05, 4.69) is 9.88 Å². The highest BCUT2D eigenvalue weighted by Gasteiger charge is 2.23. The number of piperazine rings is 1. The number of hydrogen-bond donors (Lipinski definition) is 0. The van der Waals surface area contributed by atoms with Gasteiger partial charge in [-0.25, -0.2) is 4.98 Å². The van der Waals surface area contributed by atoms with Gasteiger partial charge < -0.3 is 14.5 Å². The van der Waals surface area contributed by atoms with Crippen LogP contribution in [0, 0.1) is 0 Å². The first-order chi connectivity index (χ1) is 12.7. The van der Waals surface area contributed by atoms with Crippen molar-refractivity contribution in [3.8, 4) is 5.75 Å². The third kappa shape index (κ3) is 3.18. The van der Waals surface area contributed by atoms with Gasteiger partial charge in [-0.2, -0.15) is 0 Å². The third-order valence-corrected chi connectivity index (χ3v) is 4.64. The number of benzene rings is 2. The summed E-state index contributed by atoms with van der Waals surface area (Å²) in [4.78, 5) is 25.9. The van der Waals surface area contributed by atoms with Crippen LogP contribution in [0.3, 0.4) is 0 Å². The van der Waals surface area contributed by atoms with Gasteiger partial charge in [0, 0.05) is 31.7 Å². The predicted octanol–water partition coefficient (Wildman–Crippen LogP) is 2.60. The van der Waals surface area contributed by atoms with E-state index in [1.54, 1.807) is 13.2 Å². The molecule has 0 spiro atoms. The van der Waals surface area contributed by atoms with Gasteiger partial charge >= 0.3 is 0 Å². The van der Waals surface area contributed by atoms with Gasteiger partial charge in [-0.3, -0.25) is 9.78 Å². The summed E-state index contributed by atoms with van der Waals surface area (Å²) in [6.45, 7) is 2.79. The molecule has 26 heavy (non-hydrogen) atoms. The van der Waals surface area contributed by atoms with Crippen LogP contribution in [0.15, 0.2) is 54.7 Å². The Morgan fingerprint density at radius 1 is 1.00 bits per heavy atom. The number of hydrogen-bond acceptors (Lipinski definition) is 5. The minimum atomic E-state index is 0.0353. The van der Waals surface area contributed by atoms with Crippen LogP contribution < -0.4 is 9.64 Å². The maximum Gasteiger partial charge on any atom is 0.254 e. The molecule has 0 N–H and O–H groups in total. The van der Waals surface area contributed by atoms with Crippen LogP contribution in [0.25, 0.3) is 11.0 Å². The molecule has 1 saturated heterocycles. The number of aromatic nitrogens is 2. The predicted molar refractivity (Wildman–Crippen MR) is 101 cm³/mol. The van der Waals surface area contributed by atoms with Gasteiger partial charge in [0.15, 0.2) is 0 Å². The Balaban J connectivity index is 1.45. The van der Waals surface area contributed by atoms with E-state index in [0.717, 1.165) is 29.9 Å². The summed E-state index contributed by atoms with van der Waals surface area (Å²) in [5.41, 5.74) is 2.44. The number of nitrogens with zero attached hydrogens (tertiary/aromatic N) is 4. The second-order valence-corrected chi connectivity index (χ2v) is 6.23. The summed E-state index contributed by atoms with van der Waals surface area (Å²) in [5.74, 6) is 1.59. The van der Waals surface area contributed by atoms with Crippen molar-refractivity contribution >= 4 is 22.8 Å². The average molecular weight is 348 g/mol. The zero-order valence-corrected chi connectivity index (χ0v) is 14.6. The van der Waals surface area contributed by atoms with Crippen molar-refractivity contribution in [3.05, 3.63) is 60.3 Å². The lowest BCUT2D eigenvalue weighted by atomic mass is 10.1. The second kappa shape index (κ2) is 7.00. The SMILES string of the molecule is COc1cccc(C(=O)N2CCN(c3cnc4ccccc4n3)CC2)c1. The van der Waals surface area contributed by atoms with E-state index in [-0.39, 0.29) is 5.91 Å². The van der Waals surface area contributed by atoms with Crippen LogP contribution in [-0.4, -0.2) is 54.1 Å². The largest absolute Gasteiger partial charge is 0.497 e. The maximum atomic E-state index is 12.7. The Morgan fingerprint density at radius 2 is 1.77 bits per heavy atom. The van der Waals surface area contributed by atoms with Gasteiger partial charge in [0.1, 0.15) is 11.6 Å². The molecule has 0 aliphatic carbocycles. The van der Waals surface area contributed by atoms with Gasteiger partial charge in [-0.15, -0.1) is 0 Å². The Hall–Kier alpha value is -3.15. The van der Waals surface area contributed by atoms with Crippen molar-refractivity contribution in [3.63, 3.8) is 0 Å². The highest BCUT2D eigenvalue weighted by atomic mass is 16.5. The summed E-state index contributed by atoms with van der Waals surface area (Å²) < 4.78 is 5.21. The van der Waals surface area contributed by atoms with Crippen LogP contribution in [0.5, 0.6) is 5.75 Å². The molecule has 0 radical (unpaired) electrons. The topological polar surface area (TPSA) is 58.6 Å². The maximum absolute atomic E-state index is 12.7. The Labute approximate surface area is 152 Å². The van der Waals surface area contributed by atoms with Crippen LogP contribution in [-0.2, 0) is 0 Å². The summed E-state index contributed by atoms with van der Waals surface area (Å²) >= 11 is 0. The standard InChI is InChI=1S/C20H20N4O2/c1-26-16-6-4-5-15(13-16)20(25)24-11-9-23(10-12-24)19-14-21-17-7-2-3-8-18(17)22-19/h2-8,13-14H,9-12H2,1H3. The van der Waals surface area contributed by atoms with Crippen LogP contribution in [0.2, 0.25) is 0 Å². The molecule has 0 unspecified atom stereocenters. The Morgan fingerprint density at radius 3 is 2.54 bits per heavy atom. The normalized spacial score (nSPS) is 14.5. The van der Waals surface area contributed by atoms with Crippen LogP contribution in [0.1, 0.15) is 10.4 Å². The van der Waals surface area contributed by atoms with E-state index in [1.165, 1.54) is 0 Å². The fraction of sp³-hybridized carbons (Fsp3) is 0.250. The zero-order chi connectivity index (χ0) is 17.9. The number of rotatable bonds is 3. The van der Waals surface area contributed by atoms with Gasteiger partial charge in [-0.05, 0) is 30.3 Å². The number of amides is 1. The van der Waals surface area contributed by atoms with Crippen molar-refractivity contribution in [2.24, 2.45) is 0 Å². The van der Waals surface area contributed by atoms with E-state index in [9.17, 15) is 4.79 Å². The quantitative estimate of drug-likeness (QED) is 0.728. The third-order valence-electron chi connectivity index (χ3n) is 4.64. The number of methoxy groups -OCH3 is 1. The molecular weight excluding hydrogens is 328 g/mol. The minimum Gasteiger partial charge on any atom is -0.497 e. The number of carbonyl (C=O) groups is 1. The van der Waals surface area contributed by atoms with Crippen molar-refractivity contribution in [2.45, 2.75) is 0 Å². The summed E-state index contributed by atoms with van der Waals surface area (Å²) in [5, 5.41) is 0. The number of ether oxygens (including phenoxy) is 1. The summed E-state index contributed by atoms with van der Waals surface area (Å²) in [7, 11) is 1.60. The first-order valence-corrected chi connectivity index (χ1v) is 8.65. The van der Waals surface area contributed by atoms with Crippen molar-refractivity contribution in [2.75, 3.05) is 38.2 Å². The van der Waals surface area contributed by atoms with Gasteiger partial charge in [0.25, 0.3) is 5.91 Å². The molecule has 1 aliphatic heterocycles. The van der Waals surface area contributed by atoms with Crippen molar-refractivity contribution < 1.29 is 9.53 Å². The highest BCUT2D eigenvalue weighted by Crippen LogP contribution is 2.19. The molecule has 132 valence electrons. The Kier molecular flexibility index (Phi) is 4.39. The lowest BCUT2D eigenvalue weighted by Crippen LogP contribution is -2.49. The molecule has 1 aliphatic rings. The smallest absolute Gasteiger partial charge is 0.254 e. The minimum absolute atomic E-state index is 0.0353. The molecule has 1 aromatic heterocycles. The second-order valence-electron chi connectivity index (χ2n) is 6.23. The van der Waals surface area contributed by atoms with E-state index in [0.29, 0.717) is 24.4 Å². The van der Waals surface area contributed by atoms with Crippen molar-refractivity contribution in [1.29, 1.82) is 0 Å². The van der Waals surface area contributed by atoms with E-state index in [1.807, 2.05) is 53.6 Å². The molecule has 2 aromatic carbocycles. The number of para-hydroxylation sites is 2. The molecule has 4 rings (SSSR count). The monoisotopic (exact) mass is 348 g/mol. The number of carbonyl (C=O) groups excluding carboxylic acids is 1. The molecular formula is C20H20N4O2. The zero-order valence-electron chi connectivity index (χ0n) is 14.6. The fourth-order valence-corrected chi connectivity index (χ4v) is 3.18. The Bertz CT molecular complexity index is 936. The molecule has 6 nitrogen and oxygen atoms in total. The van der Waals surface area contributed by atoms with E-state index in [4.69, 9.17) is 9.72 Å². The van der Waals surface area contributed by atoms with Crippen LogP contribution in [0.4, 0.5) is 5.82 Å². The molecule has 6 heteroatoms. The van der Waals surface area contributed by atoms with Crippen LogP contribution >= 0.6 is 0 Å². The first kappa shape index (κ1) is 16.3. The van der Waals surface area contributed by atoms with Gasteiger partial charge in [0.05, 0.1) is 24.3 Å². The van der Waals surface area contributed by atoms with E-state index < -0.39 is 0 Å². The van der Waals surface area contributed by atoms with Crippen molar-refractivity contribution in [1.82, 2.24) is 14.9 Å². The first-order valence-electron chi connectivity index (χ1n) is 8.65. The molecule has 3 aromatic rings. The highest BCUT2D eigenvalue weighted by molar-refractivity contribution is 5.94. The molecule has 0 saturated carbocycles. The lowest BCUT2D eigenvalue weighted by Gasteiger charge is -2.35. The molecule has 0 bridgehead atoms. The van der Waals surface area contributed by atoms with Gasteiger partial charge in [-0.1, -0.05) is 18.2 Å². The molecule has 2 heterocycles.